The summed E-state index contributed by atoms with van der Waals surface area (Å²) < 4.78 is 4.89. The van der Waals surface area contributed by atoms with Crippen LogP contribution in [0.15, 0.2) is 18.3 Å². The smallest absolute Gasteiger partial charge is 0.239 e. The van der Waals surface area contributed by atoms with Crippen LogP contribution in [-0.4, -0.2) is 55.0 Å². The zero-order valence-electron chi connectivity index (χ0n) is 11.7. The van der Waals surface area contributed by atoms with Crippen molar-refractivity contribution >= 4 is 11.7 Å². The third kappa shape index (κ3) is 3.88. The first kappa shape index (κ1) is 14.7. The molecule has 1 fully saturated rings. The molecule has 1 saturated heterocycles. The molecule has 0 saturated carbocycles. The first-order valence-electron chi connectivity index (χ1n) is 6.78. The number of carbonyl (C=O) groups excluding carboxylic acids is 1. The molecule has 0 bridgehead atoms. The van der Waals surface area contributed by atoms with Crippen LogP contribution in [0.25, 0.3) is 0 Å². The molecule has 0 spiro atoms. The maximum atomic E-state index is 11.9. The Labute approximate surface area is 118 Å². The van der Waals surface area contributed by atoms with Crippen LogP contribution in [-0.2, 0) is 9.53 Å². The van der Waals surface area contributed by atoms with Gasteiger partial charge in [-0.1, -0.05) is 0 Å². The van der Waals surface area contributed by atoms with Gasteiger partial charge in [-0.15, -0.1) is 5.10 Å². The lowest BCUT2D eigenvalue weighted by Crippen LogP contribution is -2.53. The minimum atomic E-state index is -0.619. The van der Waals surface area contributed by atoms with Crippen LogP contribution in [0.3, 0.4) is 0 Å². The van der Waals surface area contributed by atoms with Gasteiger partial charge in [0.2, 0.25) is 5.91 Å². The molecule has 7 nitrogen and oxygen atoms in total. The summed E-state index contributed by atoms with van der Waals surface area (Å²) in [6.45, 7) is 1.88. The molecule has 3 N–H and O–H groups in total. The predicted octanol–water partition coefficient (Wildman–Crippen LogP) is -0.465. The average Bonchev–Trinajstić information content (AvgIpc) is 2.48. The number of ether oxygens (including phenoxy) is 1. The van der Waals surface area contributed by atoms with Gasteiger partial charge in [0.1, 0.15) is 6.04 Å². The van der Waals surface area contributed by atoms with Gasteiger partial charge in [-0.2, -0.15) is 5.10 Å². The van der Waals surface area contributed by atoms with Crippen molar-refractivity contribution in [3.63, 3.8) is 0 Å². The topological polar surface area (TPSA) is 93.4 Å². The van der Waals surface area contributed by atoms with Gasteiger partial charge in [0.15, 0.2) is 5.82 Å². The van der Waals surface area contributed by atoms with Crippen molar-refractivity contribution in [2.45, 2.75) is 24.9 Å². The van der Waals surface area contributed by atoms with E-state index >= 15 is 0 Å². The highest BCUT2D eigenvalue weighted by Crippen LogP contribution is 2.16. The molecule has 0 aliphatic carbocycles. The second kappa shape index (κ2) is 7.16. The molecule has 7 heteroatoms. The van der Waals surface area contributed by atoms with Crippen molar-refractivity contribution in [2.24, 2.45) is 5.73 Å². The van der Waals surface area contributed by atoms with E-state index in [1.807, 2.05) is 12.1 Å². The standard InChI is InChI=1S/C13H21N5O2/c1-20-9-11(14)13(19)16-10-4-3-7-18(8-10)12-5-2-6-15-17-12/h2,5-6,10-11H,3-4,7-9,14H2,1H3,(H,16,19)/t10-,11+/m0/s1. The summed E-state index contributed by atoms with van der Waals surface area (Å²) >= 11 is 0. The number of methoxy groups -OCH3 is 1. The fourth-order valence-electron chi connectivity index (χ4n) is 2.33. The molecule has 1 aliphatic heterocycles. The molecule has 110 valence electrons. The number of aromatic nitrogens is 2. The Kier molecular flexibility index (Phi) is 5.25. The molecular weight excluding hydrogens is 258 g/mol. The quantitative estimate of drug-likeness (QED) is 0.757. The summed E-state index contributed by atoms with van der Waals surface area (Å²) in [6.07, 6.45) is 3.60. The second-order valence-corrected chi connectivity index (χ2v) is 4.94. The van der Waals surface area contributed by atoms with Gasteiger partial charge < -0.3 is 20.7 Å². The van der Waals surface area contributed by atoms with E-state index in [4.69, 9.17) is 10.5 Å². The monoisotopic (exact) mass is 279 g/mol. The number of hydrogen-bond donors (Lipinski definition) is 2. The van der Waals surface area contributed by atoms with Crippen LogP contribution in [0.1, 0.15) is 12.8 Å². The zero-order valence-corrected chi connectivity index (χ0v) is 11.7. The van der Waals surface area contributed by atoms with E-state index in [0.717, 1.165) is 31.7 Å². The number of nitrogens with zero attached hydrogens (tertiary/aromatic N) is 3. The van der Waals surface area contributed by atoms with Crippen LogP contribution < -0.4 is 16.0 Å². The van der Waals surface area contributed by atoms with Gasteiger partial charge in [-0.3, -0.25) is 4.79 Å². The molecule has 2 rings (SSSR count). The van der Waals surface area contributed by atoms with E-state index in [-0.39, 0.29) is 18.6 Å². The summed E-state index contributed by atoms with van der Waals surface area (Å²) in [5, 5.41) is 11.0. The minimum absolute atomic E-state index is 0.0844. The summed E-state index contributed by atoms with van der Waals surface area (Å²) in [5.41, 5.74) is 5.72. The lowest BCUT2D eigenvalue weighted by molar-refractivity contribution is -0.124. The molecule has 1 amide bonds. The third-order valence-electron chi connectivity index (χ3n) is 3.33. The molecule has 1 aromatic rings. The van der Waals surface area contributed by atoms with Crippen molar-refractivity contribution in [1.29, 1.82) is 0 Å². The van der Waals surface area contributed by atoms with Crippen molar-refractivity contribution in [2.75, 3.05) is 31.7 Å². The Morgan fingerprint density at radius 3 is 3.25 bits per heavy atom. The van der Waals surface area contributed by atoms with E-state index in [2.05, 4.69) is 20.4 Å². The second-order valence-electron chi connectivity index (χ2n) is 4.94. The molecular formula is C13H21N5O2. The van der Waals surface area contributed by atoms with Crippen molar-refractivity contribution in [3.05, 3.63) is 18.3 Å². The number of carbonyl (C=O) groups is 1. The number of anilines is 1. The number of amides is 1. The van der Waals surface area contributed by atoms with Gasteiger partial charge in [0.05, 0.1) is 6.61 Å². The predicted molar refractivity (Wildman–Crippen MR) is 75.3 cm³/mol. The summed E-state index contributed by atoms with van der Waals surface area (Å²) in [7, 11) is 1.53. The SMILES string of the molecule is COC[C@@H](N)C(=O)N[C@H]1CCCN(c2cccnn2)C1. The lowest BCUT2D eigenvalue weighted by atomic mass is 10.1. The highest BCUT2D eigenvalue weighted by molar-refractivity contribution is 5.82. The summed E-state index contributed by atoms with van der Waals surface area (Å²) in [6, 6.07) is 3.25. The molecule has 20 heavy (non-hydrogen) atoms. The van der Waals surface area contributed by atoms with E-state index in [0.29, 0.717) is 0 Å². The largest absolute Gasteiger partial charge is 0.383 e. The van der Waals surface area contributed by atoms with E-state index in [9.17, 15) is 4.79 Å². The Balaban J connectivity index is 1.89. The van der Waals surface area contributed by atoms with Crippen molar-refractivity contribution in [1.82, 2.24) is 15.5 Å². The normalized spacial score (nSPS) is 20.5. The van der Waals surface area contributed by atoms with Gasteiger partial charge >= 0.3 is 0 Å². The fourth-order valence-corrected chi connectivity index (χ4v) is 2.33. The maximum absolute atomic E-state index is 11.9. The zero-order chi connectivity index (χ0) is 14.4. The van der Waals surface area contributed by atoms with Gasteiger partial charge in [-0.25, -0.2) is 0 Å². The molecule has 1 aliphatic rings. The number of piperidine rings is 1. The van der Waals surface area contributed by atoms with Crippen LogP contribution in [0, 0.1) is 0 Å². The highest BCUT2D eigenvalue weighted by Gasteiger charge is 2.24. The van der Waals surface area contributed by atoms with Gasteiger partial charge in [0, 0.05) is 32.4 Å². The molecule has 0 radical (unpaired) electrons. The summed E-state index contributed by atoms with van der Waals surface area (Å²) in [5.74, 6) is 0.672. The summed E-state index contributed by atoms with van der Waals surface area (Å²) in [4.78, 5) is 14.0. The van der Waals surface area contributed by atoms with Crippen molar-refractivity contribution in [3.8, 4) is 0 Å². The molecule has 1 aromatic heterocycles. The van der Waals surface area contributed by atoms with Crippen molar-refractivity contribution < 1.29 is 9.53 Å². The Hall–Kier alpha value is -1.73. The molecule has 0 unspecified atom stereocenters. The van der Waals surface area contributed by atoms with Gasteiger partial charge in [0.25, 0.3) is 0 Å². The van der Waals surface area contributed by atoms with Gasteiger partial charge in [-0.05, 0) is 25.0 Å². The third-order valence-corrected chi connectivity index (χ3v) is 3.33. The van der Waals surface area contributed by atoms with Crippen LogP contribution in [0.4, 0.5) is 5.82 Å². The lowest BCUT2D eigenvalue weighted by Gasteiger charge is -2.34. The molecule has 2 heterocycles. The number of hydrogen-bond acceptors (Lipinski definition) is 6. The average molecular weight is 279 g/mol. The molecule has 0 aromatic carbocycles. The van der Waals surface area contributed by atoms with Crippen LogP contribution in [0.5, 0.6) is 0 Å². The Bertz CT molecular complexity index is 428. The fraction of sp³-hybridized carbons (Fsp3) is 0.615. The Morgan fingerprint density at radius 2 is 2.55 bits per heavy atom. The first-order chi connectivity index (χ1) is 9.70. The maximum Gasteiger partial charge on any atom is 0.239 e. The number of rotatable bonds is 5. The molecule has 2 atom stereocenters. The highest BCUT2D eigenvalue weighted by atomic mass is 16.5. The van der Waals surface area contributed by atoms with Crippen LogP contribution >= 0.6 is 0 Å². The first-order valence-corrected chi connectivity index (χ1v) is 6.78. The Morgan fingerprint density at radius 1 is 1.70 bits per heavy atom. The van der Waals surface area contributed by atoms with E-state index in [1.165, 1.54) is 7.11 Å². The van der Waals surface area contributed by atoms with E-state index < -0.39 is 6.04 Å². The minimum Gasteiger partial charge on any atom is -0.383 e. The number of nitrogens with two attached hydrogens (primary N) is 1. The van der Waals surface area contributed by atoms with Crippen LogP contribution in [0.2, 0.25) is 0 Å². The van der Waals surface area contributed by atoms with E-state index in [1.54, 1.807) is 6.20 Å². The number of nitrogens with one attached hydrogen (secondary N) is 1.